The zero-order valence-corrected chi connectivity index (χ0v) is 10.9. The lowest BCUT2D eigenvalue weighted by molar-refractivity contribution is 0.251. The summed E-state index contributed by atoms with van der Waals surface area (Å²) in [5, 5.41) is 8.72. The standard InChI is InChI=1S/C12H11NO3S2/c14-13-18(16)12-9-5-4-8-11(12)17(15)10-6-2-1-3-7-10/h1-9,13-14H. The molecule has 0 saturated heterocycles. The number of hydrogen-bond acceptors (Lipinski definition) is 3. The van der Waals surface area contributed by atoms with Crippen LogP contribution in [0.4, 0.5) is 0 Å². The molecule has 2 N–H and O–H groups in total. The summed E-state index contributed by atoms with van der Waals surface area (Å²) in [6, 6.07) is 15.5. The van der Waals surface area contributed by atoms with Crippen molar-refractivity contribution in [2.75, 3.05) is 0 Å². The summed E-state index contributed by atoms with van der Waals surface area (Å²) in [6.45, 7) is 0. The van der Waals surface area contributed by atoms with E-state index in [9.17, 15) is 8.42 Å². The zero-order valence-electron chi connectivity index (χ0n) is 9.28. The minimum atomic E-state index is -1.78. The van der Waals surface area contributed by atoms with E-state index in [1.165, 1.54) is 0 Å². The molecule has 2 aromatic carbocycles. The van der Waals surface area contributed by atoms with Gasteiger partial charge in [-0.1, -0.05) is 30.3 Å². The van der Waals surface area contributed by atoms with Crippen LogP contribution < -0.4 is 4.89 Å². The molecule has 0 fully saturated rings. The highest BCUT2D eigenvalue weighted by Crippen LogP contribution is 2.21. The number of hydrogen-bond donors (Lipinski definition) is 2. The lowest BCUT2D eigenvalue weighted by Gasteiger charge is -2.07. The van der Waals surface area contributed by atoms with E-state index in [-0.39, 0.29) is 0 Å². The Hall–Kier alpha value is -1.34. The lowest BCUT2D eigenvalue weighted by atomic mass is 10.4. The van der Waals surface area contributed by atoms with Crippen LogP contribution in [-0.2, 0) is 21.8 Å². The molecule has 0 bridgehead atoms. The molecule has 0 radical (unpaired) electrons. The van der Waals surface area contributed by atoms with Crippen molar-refractivity contribution in [3.05, 3.63) is 54.6 Å². The van der Waals surface area contributed by atoms with Crippen molar-refractivity contribution in [3.8, 4) is 0 Å². The van der Waals surface area contributed by atoms with Crippen molar-refractivity contribution in [2.24, 2.45) is 0 Å². The smallest absolute Gasteiger partial charge is 0.149 e. The van der Waals surface area contributed by atoms with Crippen LogP contribution in [-0.4, -0.2) is 13.6 Å². The van der Waals surface area contributed by atoms with Crippen LogP contribution in [0.5, 0.6) is 0 Å². The van der Waals surface area contributed by atoms with E-state index in [1.54, 1.807) is 53.4 Å². The molecule has 2 aromatic rings. The number of benzene rings is 2. The fraction of sp³-hybridized carbons (Fsp3) is 0. The van der Waals surface area contributed by atoms with Crippen molar-refractivity contribution in [1.29, 1.82) is 0 Å². The maximum atomic E-state index is 12.4. The zero-order chi connectivity index (χ0) is 13.0. The van der Waals surface area contributed by atoms with Gasteiger partial charge in [-0.15, -0.1) is 4.89 Å². The first-order chi connectivity index (χ1) is 8.74. The van der Waals surface area contributed by atoms with Gasteiger partial charge in [0.25, 0.3) is 0 Å². The quantitative estimate of drug-likeness (QED) is 0.841. The van der Waals surface area contributed by atoms with Crippen LogP contribution >= 0.6 is 0 Å². The van der Waals surface area contributed by atoms with Crippen molar-refractivity contribution in [3.63, 3.8) is 0 Å². The first-order valence-electron chi connectivity index (χ1n) is 5.11. The molecule has 18 heavy (non-hydrogen) atoms. The predicted octanol–water partition coefficient (Wildman–Crippen LogP) is 1.85. The average Bonchev–Trinajstić information content (AvgIpc) is 2.46. The molecule has 0 aromatic heterocycles. The molecule has 0 spiro atoms. The monoisotopic (exact) mass is 281 g/mol. The summed E-state index contributed by atoms with van der Waals surface area (Å²) in [6.07, 6.45) is 0. The topological polar surface area (TPSA) is 66.4 Å². The summed E-state index contributed by atoms with van der Waals surface area (Å²) in [5.41, 5.74) is 0. The third kappa shape index (κ3) is 2.73. The Kier molecular flexibility index (Phi) is 4.38. The maximum absolute atomic E-state index is 12.4. The number of rotatable bonds is 4. The van der Waals surface area contributed by atoms with Gasteiger partial charge in [0.15, 0.2) is 0 Å². The van der Waals surface area contributed by atoms with Gasteiger partial charge >= 0.3 is 0 Å². The van der Waals surface area contributed by atoms with Gasteiger partial charge in [0.2, 0.25) is 0 Å². The second kappa shape index (κ2) is 6.01. The van der Waals surface area contributed by atoms with E-state index in [0.717, 1.165) is 0 Å². The Bertz CT molecular complexity index is 587. The first-order valence-corrected chi connectivity index (χ1v) is 7.41. The Morgan fingerprint density at radius 3 is 2.00 bits per heavy atom. The summed E-state index contributed by atoms with van der Waals surface area (Å²) >= 11 is 0. The first kappa shape index (κ1) is 13.1. The van der Waals surface area contributed by atoms with Gasteiger partial charge in [0.05, 0.1) is 20.6 Å². The van der Waals surface area contributed by atoms with E-state index < -0.39 is 21.8 Å². The lowest BCUT2D eigenvalue weighted by Crippen LogP contribution is -2.13. The summed E-state index contributed by atoms with van der Waals surface area (Å²) in [4.78, 5) is 3.02. The molecule has 0 aliphatic carbocycles. The van der Waals surface area contributed by atoms with Gasteiger partial charge in [0, 0.05) is 4.90 Å². The molecule has 0 saturated carbocycles. The molecular formula is C12H11NO3S2. The number of nitrogens with one attached hydrogen (secondary N) is 1. The molecular weight excluding hydrogens is 270 g/mol. The van der Waals surface area contributed by atoms with Gasteiger partial charge in [-0.05, 0) is 24.3 Å². The van der Waals surface area contributed by atoms with Crippen LogP contribution in [0.3, 0.4) is 0 Å². The normalized spacial score (nSPS) is 14.1. The average molecular weight is 281 g/mol. The van der Waals surface area contributed by atoms with Gasteiger partial charge in [-0.3, -0.25) is 0 Å². The predicted molar refractivity (Wildman–Crippen MR) is 68.9 cm³/mol. The maximum Gasteiger partial charge on any atom is 0.149 e. The van der Waals surface area contributed by atoms with Gasteiger partial charge in [0.1, 0.15) is 11.0 Å². The fourth-order valence-electron chi connectivity index (χ4n) is 1.48. The van der Waals surface area contributed by atoms with Crippen LogP contribution in [0, 0.1) is 0 Å². The minimum Gasteiger partial charge on any atom is -0.304 e. The molecule has 94 valence electrons. The van der Waals surface area contributed by atoms with Gasteiger partial charge < -0.3 is 5.21 Å². The highest BCUT2D eigenvalue weighted by molar-refractivity contribution is 7.87. The summed E-state index contributed by atoms with van der Waals surface area (Å²) < 4.78 is 23.9. The van der Waals surface area contributed by atoms with Gasteiger partial charge in [-0.25, -0.2) is 8.42 Å². The molecule has 4 nitrogen and oxygen atoms in total. The van der Waals surface area contributed by atoms with E-state index in [0.29, 0.717) is 14.7 Å². The Morgan fingerprint density at radius 2 is 1.39 bits per heavy atom. The minimum absolute atomic E-state index is 0.308. The molecule has 2 unspecified atom stereocenters. The van der Waals surface area contributed by atoms with Crippen molar-refractivity contribution < 1.29 is 13.6 Å². The second-order valence-electron chi connectivity index (χ2n) is 3.39. The van der Waals surface area contributed by atoms with Crippen molar-refractivity contribution in [1.82, 2.24) is 4.89 Å². The van der Waals surface area contributed by atoms with E-state index >= 15 is 0 Å². The Labute approximate surface area is 110 Å². The summed E-state index contributed by atoms with van der Waals surface area (Å²) in [7, 11) is -3.21. The van der Waals surface area contributed by atoms with E-state index in [2.05, 4.69) is 0 Å². The van der Waals surface area contributed by atoms with Crippen LogP contribution in [0.2, 0.25) is 0 Å². The van der Waals surface area contributed by atoms with Crippen LogP contribution in [0.1, 0.15) is 0 Å². The molecule has 2 atom stereocenters. The van der Waals surface area contributed by atoms with E-state index in [1.807, 2.05) is 6.07 Å². The Morgan fingerprint density at radius 1 is 0.833 bits per heavy atom. The van der Waals surface area contributed by atoms with E-state index in [4.69, 9.17) is 5.21 Å². The fourth-order valence-corrected chi connectivity index (χ4v) is 3.59. The second-order valence-corrected chi connectivity index (χ2v) is 6.00. The molecule has 0 heterocycles. The largest absolute Gasteiger partial charge is 0.304 e. The summed E-state index contributed by atoms with van der Waals surface area (Å²) in [5.74, 6) is 0. The molecule has 0 aliphatic heterocycles. The molecule has 0 aliphatic rings. The highest BCUT2D eigenvalue weighted by Gasteiger charge is 2.15. The Balaban J connectivity index is 2.46. The van der Waals surface area contributed by atoms with Crippen LogP contribution in [0.15, 0.2) is 69.3 Å². The third-order valence-corrected chi connectivity index (χ3v) is 4.80. The highest BCUT2D eigenvalue weighted by atomic mass is 32.2. The molecule has 6 heteroatoms. The SMILES string of the molecule is O=S(NO)c1ccccc1S(=O)c1ccccc1. The molecule has 0 amide bonds. The van der Waals surface area contributed by atoms with Crippen LogP contribution in [0.25, 0.3) is 0 Å². The van der Waals surface area contributed by atoms with Gasteiger partial charge in [-0.2, -0.15) is 0 Å². The van der Waals surface area contributed by atoms with Crippen molar-refractivity contribution in [2.45, 2.75) is 14.7 Å². The molecule has 2 rings (SSSR count). The van der Waals surface area contributed by atoms with Crippen molar-refractivity contribution >= 4 is 21.8 Å². The third-order valence-electron chi connectivity index (χ3n) is 2.29.